The molecule has 1 aliphatic heterocycles. The zero-order valence-corrected chi connectivity index (χ0v) is 20.7. The third-order valence-electron chi connectivity index (χ3n) is 5.67. The average Bonchev–Trinajstić information content (AvgIpc) is 3.50. The number of nitrogens with one attached hydrogen (secondary N) is 1. The van der Waals surface area contributed by atoms with Gasteiger partial charge < -0.3 is 29.3 Å². The van der Waals surface area contributed by atoms with Gasteiger partial charge in [-0.3, -0.25) is 4.79 Å². The average molecular weight is 496 g/mol. The van der Waals surface area contributed by atoms with Crippen molar-refractivity contribution in [3.63, 3.8) is 0 Å². The topological polar surface area (TPSA) is 80.3 Å². The van der Waals surface area contributed by atoms with E-state index in [0.717, 1.165) is 16.0 Å². The number of thiophene rings is 1. The highest BCUT2D eigenvalue weighted by Gasteiger charge is 2.23. The summed E-state index contributed by atoms with van der Waals surface area (Å²) < 4.78 is 16.1. The largest absolute Gasteiger partial charge is 0.454 e. The Bertz CT molecular complexity index is 1150. The van der Waals surface area contributed by atoms with Crippen molar-refractivity contribution in [1.29, 1.82) is 0 Å². The summed E-state index contributed by atoms with van der Waals surface area (Å²) in [5.41, 5.74) is 2.73. The van der Waals surface area contributed by atoms with Crippen LogP contribution in [0.3, 0.4) is 0 Å². The first-order valence-electron chi connectivity index (χ1n) is 11.3. The number of para-hydroxylation sites is 1. The fourth-order valence-electron chi connectivity index (χ4n) is 3.67. The minimum atomic E-state index is -0.350. The van der Waals surface area contributed by atoms with Gasteiger partial charge in [0.1, 0.15) is 6.54 Å². The summed E-state index contributed by atoms with van der Waals surface area (Å²) in [6.07, 6.45) is 0. The van der Waals surface area contributed by atoms with Crippen LogP contribution in [0.2, 0.25) is 0 Å². The van der Waals surface area contributed by atoms with E-state index in [1.165, 1.54) is 4.90 Å². The highest BCUT2D eigenvalue weighted by Crippen LogP contribution is 2.33. The normalized spacial score (nSPS) is 11.8. The fourth-order valence-corrected chi connectivity index (χ4v) is 4.59. The van der Waals surface area contributed by atoms with Gasteiger partial charge in [0.05, 0.1) is 13.2 Å². The number of fused-ring (bicyclic) bond motifs is 1. The van der Waals surface area contributed by atoms with Crippen LogP contribution in [-0.4, -0.2) is 55.3 Å². The van der Waals surface area contributed by atoms with Crippen molar-refractivity contribution in [1.82, 2.24) is 9.80 Å². The van der Waals surface area contributed by atoms with Gasteiger partial charge in [-0.05, 0) is 53.8 Å². The Balaban J connectivity index is 1.51. The van der Waals surface area contributed by atoms with Crippen LogP contribution < -0.4 is 14.8 Å². The van der Waals surface area contributed by atoms with Crippen molar-refractivity contribution in [3.8, 4) is 11.5 Å². The number of urea groups is 1. The van der Waals surface area contributed by atoms with Gasteiger partial charge >= 0.3 is 6.03 Å². The van der Waals surface area contributed by atoms with Crippen molar-refractivity contribution < 1.29 is 23.8 Å². The Kier molecular flexibility index (Phi) is 8.23. The Hall–Kier alpha value is -3.56. The van der Waals surface area contributed by atoms with Gasteiger partial charge in [-0.2, -0.15) is 0 Å². The van der Waals surface area contributed by atoms with Gasteiger partial charge in [-0.1, -0.05) is 24.3 Å². The number of nitrogens with zero attached hydrogens (tertiary/aromatic N) is 2. The highest BCUT2D eigenvalue weighted by molar-refractivity contribution is 7.10. The van der Waals surface area contributed by atoms with Gasteiger partial charge in [0.25, 0.3) is 0 Å². The van der Waals surface area contributed by atoms with Crippen LogP contribution in [-0.2, 0) is 22.6 Å². The number of methoxy groups -OCH3 is 1. The zero-order valence-electron chi connectivity index (χ0n) is 19.9. The number of aryl methyl sites for hydroxylation is 1. The van der Waals surface area contributed by atoms with Crippen LogP contribution in [0.1, 0.15) is 16.0 Å². The quantitative estimate of drug-likeness (QED) is 0.448. The SMILES string of the molecule is COCCN(CC(=O)N(Cc1ccc2c(c1)OCO2)Cc1sccc1C)C(=O)Nc1ccccc1. The molecule has 0 saturated heterocycles. The lowest BCUT2D eigenvalue weighted by Crippen LogP contribution is -2.45. The molecule has 1 N–H and O–H groups in total. The minimum absolute atomic E-state index is 0.0724. The maximum atomic E-state index is 13.6. The number of benzene rings is 2. The fraction of sp³-hybridized carbons (Fsp3) is 0.308. The summed E-state index contributed by atoms with van der Waals surface area (Å²) in [4.78, 5) is 30.9. The molecule has 0 atom stereocenters. The molecule has 3 aromatic rings. The maximum absolute atomic E-state index is 13.6. The number of rotatable bonds is 10. The Morgan fingerprint density at radius 1 is 1.03 bits per heavy atom. The molecule has 9 heteroatoms. The lowest BCUT2D eigenvalue weighted by atomic mass is 10.1. The first kappa shape index (κ1) is 24.6. The maximum Gasteiger partial charge on any atom is 0.322 e. The lowest BCUT2D eigenvalue weighted by Gasteiger charge is -2.28. The molecule has 3 amide bonds. The molecule has 0 saturated carbocycles. The van der Waals surface area contributed by atoms with Gasteiger partial charge in [-0.15, -0.1) is 11.3 Å². The third-order valence-corrected chi connectivity index (χ3v) is 6.68. The van der Waals surface area contributed by atoms with Gasteiger partial charge in [0.2, 0.25) is 12.7 Å². The molecule has 4 rings (SSSR count). The molecule has 184 valence electrons. The number of amides is 3. The second kappa shape index (κ2) is 11.7. The summed E-state index contributed by atoms with van der Waals surface area (Å²) in [5, 5.41) is 4.88. The highest BCUT2D eigenvalue weighted by atomic mass is 32.1. The smallest absolute Gasteiger partial charge is 0.322 e. The standard InChI is InChI=1S/C26H29N3O5S/c1-19-10-13-35-24(19)16-29(15-20-8-9-22-23(14-20)34-18-33-22)25(30)17-28(11-12-32-2)26(31)27-21-6-4-3-5-7-21/h3-10,13-14H,11-12,15-18H2,1-2H3,(H,27,31). The van der Waals surface area contributed by atoms with E-state index in [1.54, 1.807) is 35.5 Å². The van der Waals surface area contributed by atoms with Crippen molar-refractivity contribution >= 4 is 29.0 Å². The van der Waals surface area contributed by atoms with Crippen LogP contribution >= 0.6 is 11.3 Å². The first-order chi connectivity index (χ1) is 17.0. The summed E-state index contributed by atoms with van der Waals surface area (Å²) >= 11 is 1.62. The molecule has 0 radical (unpaired) electrons. The van der Waals surface area contributed by atoms with Gasteiger partial charge in [0, 0.05) is 30.8 Å². The predicted octanol–water partition coefficient (Wildman–Crippen LogP) is 4.49. The zero-order chi connectivity index (χ0) is 24.6. The molecular weight excluding hydrogens is 466 g/mol. The van der Waals surface area contributed by atoms with Crippen molar-refractivity contribution in [2.75, 3.05) is 38.9 Å². The number of ether oxygens (including phenoxy) is 3. The van der Waals surface area contributed by atoms with E-state index in [0.29, 0.717) is 36.9 Å². The molecule has 2 aromatic carbocycles. The number of hydrogen-bond donors (Lipinski definition) is 1. The van der Waals surface area contributed by atoms with E-state index in [9.17, 15) is 9.59 Å². The third kappa shape index (κ3) is 6.52. The van der Waals surface area contributed by atoms with Gasteiger partial charge in [-0.25, -0.2) is 4.79 Å². The second-order valence-electron chi connectivity index (χ2n) is 8.17. The molecule has 35 heavy (non-hydrogen) atoms. The molecule has 1 aliphatic rings. The molecular formula is C26H29N3O5S. The molecule has 2 heterocycles. The van der Waals surface area contributed by atoms with Crippen molar-refractivity contribution in [2.24, 2.45) is 0 Å². The van der Waals surface area contributed by atoms with Crippen molar-refractivity contribution in [2.45, 2.75) is 20.0 Å². The number of hydrogen-bond acceptors (Lipinski definition) is 6. The molecule has 0 spiro atoms. The summed E-state index contributed by atoms with van der Waals surface area (Å²) in [6.45, 7) is 3.60. The Labute approximate surface area is 209 Å². The molecule has 0 aliphatic carbocycles. The summed E-state index contributed by atoms with van der Waals surface area (Å²) in [6, 6.07) is 16.6. The first-order valence-corrected chi connectivity index (χ1v) is 12.2. The summed E-state index contributed by atoms with van der Waals surface area (Å²) in [5.74, 6) is 1.21. The molecule has 0 bridgehead atoms. The minimum Gasteiger partial charge on any atom is -0.454 e. The molecule has 1 aromatic heterocycles. The van der Waals surface area contributed by atoms with E-state index in [2.05, 4.69) is 5.32 Å². The monoisotopic (exact) mass is 495 g/mol. The number of carbonyl (C=O) groups is 2. The predicted molar refractivity (Wildman–Crippen MR) is 135 cm³/mol. The van der Waals surface area contributed by atoms with E-state index in [1.807, 2.05) is 54.8 Å². The lowest BCUT2D eigenvalue weighted by molar-refractivity contribution is -0.133. The van der Waals surface area contributed by atoms with Crippen LogP contribution in [0, 0.1) is 6.92 Å². The van der Waals surface area contributed by atoms with Crippen LogP contribution in [0.4, 0.5) is 10.5 Å². The van der Waals surface area contributed by atoms with Crippen molar-refractivity contribution in [3.05, 3.63) is 76.0 Å². The Morgan fingerprint density at radius 2 is 1.83 bits per heavy atom. The Morgan fingerprint density at radius 3 is 2.57 bits per heavy atom. The van der Waals surface area contributed by atoms with E-state index in [4.69, 9.17) is 14.2 Å². The van der Waals surface area contributed by atoms with E-state index >= 15 is 0 Å². The van der Waals surface area contributed by atoms with Crippen LogP contribution in [0.25, 0.3) is 0 Å². The van der Waals surface area contributed by atoms with Gasteiger partial charge in [0.15, 0.2) is 11.5 Å². The van der Waals surface area contributed by atoms with Crippen LogP contribution in [0.15, 0.2) is 60.0 Å². The summed E-state index contributed by atoms with van der Waals surface area (Å²) in [7, 11) is 1.57. The van der Waals surface area contributed by atoms with E-state index < -0.39 is 0 Å². The molecule has 0 unspecified atom stereocenters. The molecule has 8 nitrogen and oxygen atoms in total. The van der Waals surface area contributed by atoms with Crippen LogP contribution in [0.5, 0.6) is 11.5 Å². The second-order valence-corrected chi connectivity index (χ2v) is 9.18. The van der Waals surface area contributed by atoms with E-state index in [-0.39, 0.29) is 31.8 Å². The number of anilines is 1. The molecule has 0 fully saturated rings. The number of carbonyl (C=O) groups excluding carboxylic acids is 2.